The molecule has 0 aromatic carbocycles. The molecule has 1 heterocycles. The molecule has 5 nitrogen and oxygen atoms in total. The average molecular weight is 257 g/mol. The molecule has 0 aliphatic carbocycles. The van der Waals surface area contributed by atoms with Gasteiger partial charge in [-0.05, 0) is 43.3 Å². The van der Waals surface area contributed by atoms with Crippen LogP contribution in [0.1, 0.15) is 18.2 Å². The van der Waals surface area contributed by atoms with E-state index in [0.717, 1.165) is 5.69 Å². The SMILES string of the molecule is CCn1c(=O)c(C)c(CN(C)C)n(PC)c1=O. The molecule has 0 spiro atoms. The Morgan fingerprint density at radius 1 is 1.29 bits per heavy atom. The molecule has 0 fully saturated rings. The Morgan fingerprint density at radius 2 is 1.88 bits per heavy atom. The van der Waals surface area contributed by atoms with Gasteiger partial charge < -0.3 is 4.90 Å². The zero-order chi connectivity index (χ0) is 13.2. The van der Waals surface area contributed by atoms with Crippen molar-refractivity contribution in [2.45, 2.75) is 26.9 Å². The van der Waals surface area contributed by atoms with Crippen LogP contribution in [0.25, 0.3) is 0 Å². The van der Waals surface area contributed by atoms with Gasteiger partial charge in [0.15, 0.2) is 0 Å². The van der Waals surface area contributed by atoms with E-state index in [0.29, 0.717) is 27.4 Å². The lowest BCUT2D eigenvalue weighted by atomic mass is 10.2. The maximum Gasteiger partial charge on any atom is 0.334 e. The van der Waals surface area contributed by atoms with Crippen molar-refractivity contribution in [2.24, 2.45) is 0 Å². The fourth-order valence-electron chi connectivity index (χ4n) is 1.81. The van der Waals surface area contributed by atoms with Crippen LogP contribution in [0, 0.1) is 6.92 Å². The second-order valence-corrected chi connectivity index (χ2v) is 5.09. The molecule has 1 rings (SSSR count). The standard InChI is InChI=1S/C11H20N3O2P/c1-6-13-10(15)8(2)9(7-12(3)4)14(17-5)11(13)16/h17H,6-7H2,1-5H3. The van der Waals surface area contributed by atoms with Crippen LogP contribution >= 0.6 is 8.73 Å². The molecule has 0 amide bonds. The lowest BCUT2D eigenvalue weighted by molar-refractivity contribution is 0.390. The summed E-state index contributed by atoms with van der Waals surface area (Å²) in [5.41, 5.74) is 1.15. The second-order valence-electron chi connectivity index (χ2n) is 4.20. The van der Waals surface area contributed by atoms with Gasteiger partial charge in [-0.1, -0.05) is 0 Å². The summed E-state index contributed by atoms with van der Waals surface area (Å²) in [6.07, 6.45) is 0. The maximum atomic E-state index is 12.1. The minimum absolute atomic E-state index is 0.163. The Morgan fingerprint density at radius 3 is 2.29 bits per heavy atom. The first-order valence-corrected chi connectivity index (χ1v) is 7.06. The average Bonchev–Trinajstić information content (AvgIpc) is 2.26. The molecule has 96 valence electrons. The molecule has 1 aromatic rings. The van der Waals surface area contributed by atoms with Gasteiger partial charge in [-0.2, -0.15) is 0 Å². The second kappa shape index (κ2) is 5.61. The summed E-state index contributed by atoms with van der Waals surface area (Å²) in [5, 5.41) is 0. The van der Waals surface area contributed by atoms with E-state index in [-0.39, 0.29) is 11.2 Å². The van der Waals surface area contributed by atoms with Gasteiger partial charge in [-0.15, -0.1) is 0 Å². The van der Waals surface area contributed by atoms with Crippen LogP contribution in [0.4, 0.5) is 0 Å². The fourth-order valence-corrected chi connectivity index (χ4v) is 2.64. The van der Waals surface area contributed by atoms with Gasteiger partial charge in [-0.3, -0.25) is 13.7 Å². The topological polar surface area (TPSA) is 47.2 Å². The predicted octanol–water partition coefficient (Wildman–Crippen LogP) is 0.471. The van der Waals surface area contributed by atoms with E-state index in [1.54, 1.807) is 11.3 Å². The summed E-state index contributed by atoms with van der Waals surface area (Å²) in [6, 6.07) is 0. The highest BCUT2D eigenvalue weighted by molar-refractivity contribution is 7.35. The van der Waals surface area contributed by atoms with Gasteiger partial charge in [0.05, 0.1) is 0 Å². The Labute approximate surface area is 103 Å². The first kappa shape index (κ1) is 14.1. The van der Waals surface area contributed by atoms with Gasteiger partial charge >= 0.3 is 5.69 Å². The van der Waals surface area contributed by atoms with Crippen LogP contribution < -0.4 is 11.2 Å². The molecule has 17 heavy (non-hydrogen) atoms. The summed E-state index contributed by atoms with van der Waals surface area (Å²) in [6.45, 7) is 6.60. The lowest BCUT2D eigenvalue weighted by Gasteiger charge is -2.18. The third kappa shape index (κ3) is 2.67. The molecular weight excluding hydrogens is 237 g/mol. The molecule has 0 saturated carbocycles. The van der Waals surface area contributed by atoms with E-state index in [4.69, 9.17) is 0 Å². The molecule has 6 heteroatoms. The Kier molecular flexibility index (Phi) is 4.66. The van der Waals surface area contributed by atoms with Crippen LogP contribution in [0.2, 0.25) is 0 Å². The summed E-state index contributed by atoms with van der Waals surface area (Å²) in [7, 11) is 4.20. The van der Waals surface area contributed by atoms with Gasteiger partial charge in [-0.25, -0.2) is 4.79 Å². The summed E-state index contributed by atoms with van der Waals surface area (Å²) < 4.78 is 3.01. The summed E-state index contributed by atoms with van der Waals surface area (Å²) in [5.74, 6) is 0. The smallest absolute Gasteiger partial charge is 0.304 e. The van der Waals surface area contributed by atoms with E-state index < -0.39 is 0 Å². The van der Waals surface area contributed by atoms with Crippen molar-refractivity contribution in [1.82, 2.24) is 13.8 Å². The Hall–Kier alpha value is -0.930. The zero-order valence-electron chi connectivity index (χ0n) is 11.1. The van der Waals surface area contributed by atoms with Crippen molar-refractivity contribution in [3.63, 3.8) is 0 Å². The van der Waals surface area contributed by atoms with Crippen molar-refractivity contribution >= 4 is 8.73 Å². The first-order chi connectivity index (χ1) is 7.93. The number of nitrogens with zero attached hydrogens (tertiary/aromatic N) is 3. The zero-order valence-corrected chi connectivity index (χ0v) is 12.1. The quantitative estimate of drug-likeness (QED) is 0.737. The van der Waals surface area contributed by atoms with Gasteiger partial charge in [0.1, 0.15) is 0 Å². The minimum atomic E-state index is -0.194. The number of aromatic nitrogens is 2. The van der Waals surface area contributed by atoms with Crippen LogP contribution in [0.5, 0.6) is 0 Å². The monoisotopic (exact) mass is 257 g/mol. The minimum Gasteiger partial charge on any atom is -0.304 e. The summed E-state index contributed by atoms with van der Waals surface area (Å²) >= 11 is 0. The first-order valence-electron chi connectivity index (χ1n) is 5.61. The van der Waals surface area contributed by atoms with Crippen molar-refractivity contribution in [1.29, 1.82) is 0 Å². The van der Waals surface area contributed by atoms with Crippen molar-refractivity contribution in [3.05, 3.63) is 32.1 Å². The maximum absolute atomic E-state index is 12.1. The van der Waals surface area contributed by atoms with Gasteiger partial charge in [0.2, 0.25) is 0 Å². The van der Waals surface area contributed by atoms with Gasteiger partial charge in [0, 0.05) is 24.3 Å². The Bertz CT molecular complexity index is 517. The van der Waals surface area contributed by atoms with Crippen LogP contribution in [-0.4, -0.2) is 34.6 Å². The van der Waals surface area contributed by atoms with E-state index in [2.05, 4.69) is 0 Å². The molecule has 0 bridgehead atoms. The normalized spacial score (nSPS) is 11.9. The van der Waals surface area contributed by atoms with Gasteiger partial charge in [0.25, 0.3) is 5.56 Å². The number of hydrogen-bond acceptors (Lipinski definition) is 3. The van der Waals surface area contributed by atoms with E-state index in [1.165, 1.54) is 4.57 Å². The molecule has 0 radical (unpaired) electrons. The van der Waals surface area contributed by atoms with Crippen LogP contribution in [-0.2, 0) is 13.1 Å². The van der Waals surface area contributed by atoms with Crippen molar-refractivity contribution < 1.29 is 0 Å². The van der Waals surface area contributed by atoms with Crippen LogP contribution in [0.3, 0.4) is 0 Å². The number of hydrogen-bond donors (Lipinski definition) is 0. The third-order valence-corrected chi connectivity index (χ3v) is 3.61. The molecule has 0 saturated heterocycles. The van der Waals surface area contributed by atoms with Crippen LogP contribution in [0.15, 0.2) is 9.59 Å². The molecule has 0 aliphatic rings. The fraction of sp³-hybridized carbons (Fsp3) is 0.636. The van der Waals surface area contributed by atoms with Crippen molar-refractivity contribution in [2.75, 3.05) is 20.8 Å². The highest BCUT2D eigenvalue weighted by Gasteiger charge is 2.14. The van der Waals surface area contributed by atoms with E-state index in [9.17, 15) is 9.59 Å². The van der Waals surface area contributed by atoms with E-state index >= 15 is 0 Å². The third-order valence-electron chi connectivity index (χ3n) is 2.70. The molecule has 1 unspecified atom stereocenters. The largest absolute Gasteiger partial charge is 0.334 e. The summed E-state index contributed by atoms with van der Waals surface area (Å²) in [4.78, 5) is 26.1. The molecule has 1 atom stereocenters. The molecule has 1 aromatic heterocycles. The number of rotatable bonds is 4. The Balaban J connectivity index is 3.60. The molecule has 0 aliphatic heterocycles. The lowest BCUT2D eigenvalue weighted by Crippen LogP contribution is -2.41. The van der Waals surface area contributed by atoms with Crippen molar-refractivity contribution in [3.8, 4) is 0 Å². The predicted molar refractivity (Wildman–Crippen MR) is 72.4 cm³/mol. The molecular formula is C11H20N3O2P. The highest BCUT2D eigenvalue weighted by atomic mass is 31.1. The highest BCUT2D eigenvalue weighted by Crippen LogP contribution is 2.13. The van der Waals surface area contributed by atoms with E-state index in [1.807, 2.05) is 32.6 Å². The molecule has 0 N–H and O–H groups in total.